The van der Waals surface area contributed by atoms with Crippen LogP contribution in [0.5, 0.6) is 5.75 Å². The van der Waals surface area contributed by atoms with Crippen molar-refractivity contribution in [2.75, 3.05) is 19.7 Å². The molecule has 1 unspecified atom stereocenters. The van der Waals surface area contributed by atoms with Gasteiger partial charge in [0, 0.05) is 38.5 Å². The van der Waals surface area contributed by atoms with Gasteiger partial charge < -0.3 is 14.6 Å². The van der Waals surface area contributed by atoms with E-state index in [-0.39, 0.29) is 17.9 Å². The highest BCUT2D eigenvalue weighted by atomic mass is 16.5. The van der Waals surface area contributed by atoms with Gasteiger partial charge in [-0.05, 0) is 44.4 Å². The van der Waals surface area contributed by atoms with Gasteiger partial charge in [-0.1, -0.05) is 12.1 Å². The molecule has 150 valence electrons. The molecule has 0 spiro atoms. The van der Waals surface area contributed by atoms with E-state index in [9.17, 15) is 4.79 Å². The van der Waals surface area contributed by atoms with E-state index >= 15 is 0 Å². The maximum absolute atomic E-state index is 12.1. The molecule has 1 atom stereocenters. The van der Waals surface area contributed by atoms with Gasteiger partial charge in [-0.15, -0.1) is 10.2 Å². The van der Waals surface area contributed by atoms with Gasteiger partial charge >= 0.3 is 0 Å². The first kappa shape index (κ1) is 18.9. The van der Waals surface area contributed by atoms with Crippen LogP contribution in [-0.2, 0) is 24.3 Å². The first-order chi connectivity index (χ1) is 13.6. The molecule has 2 aromatic rings. The molecule has 0 saturated heterocycles. The van der Waals surface area contributed by atoms with Crippen molar-refractivity contribution in [2.45, 2.75) is 52.2 Å². The Hall–Kier alpha value is -2.41. The van der Waals surface area contributed by atoms with Crippen molar-refractivity contribution in [3.05, 3.63) is 41.5 Å². The molecule has 1 aliphatic heterocycles. The second kappa shape index (κ2) is 8.31. The lowest BCUT2D eigenvalue weighted by atomic mass is 10.2. The summed E-state index contributed by atoms with van der Waals surface area (Å²) >= 11 is 0. The number of rotatable bonds is 7. The quantitative estimate of drug-likeness (QED) is 0.794. The fourth-order valence-electron chi connectivity index (χ4n) is 3.72. The van der Waals surface area contributed by atoms with Gasteiger partial charge in [-0.25, -0.2) is 0 Å². The zero-order chi connectivity index (χ0) is 19.5. The van der Waals surface area contributed by atoms with Crippen molar-refractivity contribution >= 4 is 5.91 Å². The molecule has 1 saturated carbocycles. The van der Waals surface area contributed by atoms with E-state index in [2.05, 4.69) is 37.1 Å². The molecule has 28 heavy (non-hydrogen) atoms. The Kier molecular flexibility index (Phi) is 5.62. The molecule has 1 aromatic heterocycles. The number of ether oxygens (including phenoxy) is 1. The fraction of sp³-hybridized carbons (Fsp3) is 0.571. The first-order valence-corrected chi connectivity index (χ1v) is 10.3. The number of hydrogen-bond donors (Lipinski definition) is 1. The van der Waals surface area contributed by atoms with Crippen LogP contribution in [0.3, 0.4) is 0 Å². The molecular weight excluding hydrogens is 354 g/mol. The highest BCUT2D eigenvalue weighted by molar-refractivity contribution is 5.81. The molecule has 4 rings (SSSR count). The predicted octanol–water partition coefficient (Wildman–Crippen LogP) is 2.32. The van der Waals surface area contributed by atoms with Gasteiger partial charge in [0.2, 0.25) is 5.91 Å². The third-order valence-electron chi connectivity index (χ3n) is 5.48. The molecule has 1 N–H and O–H groups in total. The van der Waals surface area contributed by atoms with Gasteiger partial charge in [0.25, 0.3) is 0 Å². The molecule has 2 heterocycles. The van der Waals surface area contributed by atoms with Crippen molar-refractivity contribution in [3.8, 4) is 5.75 Å². The zero-order valence-electron chi connectivity index (χ0n) is 16.7. The lowest BCUT2D eigenvalue weighted by Crippen LogP contribution is -2.31. The van der Waals surface area contributed by atoms with Crippen LogP contribution < -0.4 is 10.1 Å². The number of benzene rings is 1. The summed E-state index contributed by atoms with van der Waals surface area (Å²) in [5.41, 5.74) is 1.28. The highest BCUT2D eigenvalue weighted by Crippen LogP contribution is 2.29. The minimum Gasteiger partial charge on any atom is -0.494 e. The number of aromatic nitrogens is 3. The Labute approximate surface area is 166 Å². The molecule has 1 amide bonds. The Morgan fingerprint density at radius 1 is 1.21 bits per heavy atom. The maximum atomic E-state index is 12.1. The SMILES string of the molecule is CCOc1ccc(CN2CCc3nnc(C(C)NC(=O)C4CC4)n3CC2)cc1. The number of carbonyl (C=O) groups excluding carboxylic acids is 1. The van der Waals surface area contributed by atoms with E-state index in [1.165, 1.54) is 5.56 Å². The van der Waals surface area contributed by atoms with Gasteiger partial charge in [0.05, 0.1) is 12.6 Å². The minimum atomic E-state index is -0.105. The van der Waals surface area contributed by atoms with Gasteiger partial charge in [-0.2, -0.15) is 0 Å². The average Bonchev–Trinajstić information content (AvgIpc) is 3.49. The van der Waals surface area contributed by atoms with E-state index in [4.69, 9.17) is 4.74 Å². The molecule has 1 aromatic carbocycles. The van der Waals surface area contributed by atoms with Crippen LogP contribution in [-0.4, -0.2) is 45.3 Å². The Bertz CT molecular complexity index is 813. The number of nitrogens with zero attached hydrogens (tertiary/aromatic N) is 4. The van der Waals surface area contributed by atoms with E-state index in [0.717, 1.165) is 62.8 Å². The van der Waals surface area contributed by atoms with Crippen LogP contribution in [0.15, 0.2) is 24.3 Å². The summed E-state index contributed by atoms with van der Waals surface area (Å²) in [6, 6.07) is 8.24. The largest absolute Gasteiger partial charge is 0.494 e. The summed E-state index contributed by atoms with van der Waals surface area (Å²) in [6.07, 6.45) is 2.89. The van der Waals surface area contributed by atoms with Crippen molar-refractivity contribution in [3.63, 3.8) is 0 Å². The average molecular weight is 383 g/mol. The summed E-state index contributed by atoms with van der Waals surface area (Å²) in [4.78, 5) is 14.5. The number of carbonyl (C=O) groups is 1. The van der Waals surface area contributed by atoms with Crippen molar-refractivity contribution in [1.82, 2.24) is 25.0 Å². The lowest BCUT2D eigenvalue weighted by molar-refractivity contribution is -0.123. The highest BCUT2D eigenvalue weighted by Gasteiger charge is 2.31. The summed E-state index contributed by atoms with van der Waals surface area (Å²) < 4.78 is 7.71. The number of amides is 1. The second-order valence-electron chi connectivity index (χ2n) is 7.73. The lowest BCUT2D eigenvalue weighted by Gasteiger charge is -2.20. The minimum absolute atomic E-state index is 0.105. The Morgan fingerprint density at radius 2 is 2.00 bits per heavy atom. The van der Waals surface area contributed by atoms with E-state index in [0.29, 0.717) is 6.61 Å². The van der Waals surface area contributed by atoms with Crippen LogP contribution in [0.4, 0.5) is 0 Å². The maximum Gasteiger partial charge on any atom is 0.223 e. The van der Waals surface area contributed by atoms with Crippen LogP contribution in [0.25, 0.3) is 0 Å². The van der Waals surface area contributed by atoms with E-state index in [1.54, 1.807) is 0 Å². The Balaban J connectivity index is 1.37. The molecule has 1 fully saturated rings. The normalized spacial score (nSPS) is 18.2. The topological polar surface area (TPSA) is 72.3 Å². The molecule has 7 heteroatoms. The fourth-order valence-corrected chi connectivity index (χ4v) is 3.72. The number of nitrogens with one attached hydrogen (secondary N) is 1. The smallest absolute Gasteiger partial charge is 0.223 e. The third kappa shape index (κ3) is 4.35. The van der Waals surface area contributed by atoms with Gasteiger partial charge in [0.15, 0.2) is 5.82 Å². The third-order valence-corrected chi connectivity index (χ3v) is 5.48. The summed E-state index contributed by atoms with van der Waals surface area (Å²) in [5.74, 6) is 3.15. The van der Waals surface area contributed by atoms with Gasteiger partial charge in [0.1, 0.15) is 11.6 Å². The molecule has 0 radical (unpaired) electrons. The molecule has 7 nitrogen and oxygen atoms in total. The summed E-state index contributed by atoms with van der Waals surface area (Å²) in [6.45, 7) is 8.33. The molecule has 0 bridgehead atoms. The van der Waals surface area contributed by atoms with Crippen LogP contribution in [0.1, 0.15) is 49.9 Å². The molecule has 1 aliphatic carbocycles. The molecular formula is C21H29N5O2. The predicted molar refractivity (Wildman–Crippen MR) is 106 cm³/mol. The molecule has 2 aliphatic rings. The van der Waals surface area contributed by atoms with Crippen LogP contribution in [0.2, 0.25) is 0 Å². The van der Waals surface area contributed by atoms with Crippen molar-refractivity contribution in [2.24, 2.45) is 5.92 Å². The van der Waals surface area contributed by atoms with Crippen molar-refractivity contribution < 1.29 is 9.53 Å². The van der Waals surface area contributed by atoms with Gasteiger partial charge in [-0.3, -0.25) is 9.69 Å². The first-order valence-electron chi connectivity index (χ1n) is 10.3. The Morgan fingerprint density at radius 3 is 2.71 bits per heavy atom. The zero-order valence-corrected chi connectivity index (χ0v) is 16.7. The summed E-state index contributed by atoms with van der Waals surface area (Å²) in [5, 5.41) is 11.9. The standard InChI is InChI=1S/C21H29N5O2/c1-3-28-18-8-4-16(5-9-18)14-25-11-10-19-23-24-20(26(19)13-12-25)15(2)22-21(27)17-6-7-17/h4-5,8-9,15,17H,3,6-7,10-14H2,1-2H3,(H,22,27). The number of hydrogen-bond acceptors (Lipinski definition) is 5. The number of fused-ring (bicyclic) bond motifs is 1. The van der Waals surface area contributed by atoms with Crippen LogP contribution >= 0.6 is 0 Å². The second-order valence-corrected chi connectivity index (χ2v) is 7.73. The van der Waals surface area contributed by atoms with Crippen molar-refractivity contribution in [1.29, 1.82) is 0 Å². The van der Waals surface area contributed by atoms with E-state index in [1.807, 2.05) is 26.0 Å². The monoisotopic (exact) mass is 383 g/mol. The van der Waals surface area contributed by atoms with E-state index < -0.39 is 0 Å². The summed E-state index contributed by atoms with van der Waals surface area (Å²) in [7, 11) is 0. The van der Waals surface area contributed by atoms with Crippen LogP contribution in [0, 0.1) is 5.92 Å².